The van der Waals surface area contributed by atoms with Crippen LogP contribution in [0.4, 0.5) is 4.79 Å². The average Bonchev–Trinajstić information content (AvgIpc) is 3.01. The van der Waals surface area contributed by atoms with Crippen molar-refractivity contribution in [3.8, 4) is 0 Å². The molecule has 3 aliphatic rings. The normalized spacial score (nSPS) is 41.0. The van der Waals surface area contributed by atoms with Crippen molar-refractivity contribution >= 4 is 26.9 Å². The second kappa shape index (κ2) is 6.36. The predicted octanol–water partition coefficient (Wildman–Crippen LogP) is 2.53. The van der Waals surface area contributed by atoms with Crippen LogP contribution in [0.25, 0.3) is 0 Å². The highest BCUT2D eigenvalue weighted by molar-refractivity contribution is 8.81. The number of rotatable bonds is 3. The van der Waals surface area contributed by atoms with Crippen LogP contribution in [0, 0.1) is 0 Å². The molecule has 9 heteroatoms. The van der Waals surface area contributed by atoms with Crippen LogP contribution in [0.1, 0.15) is 27.7 Å². The Labute approximate surface area is 143 Å². The SMILES string of the molecule is CSSC(=O)O[C@@H]1[C@H]2OC(C)(C)O[C@H]2O[C@@H]1[C@H]1COC(C)(C)O1. The van der Waals surface area contributed by atoms with Crippen molar-refractivity contribution < 1.29 is 33.2 Å². The van der Waals surface area contributed by atoms with Gasteiger partial charge in [-0.05, 0) is 34.0 Å². The summed E-state index contributed by atoms with van der Waals surface area (Å²) in [6, 6.07) is 0. The van der Waals surface area contributed by atoms with Gasteiger partial charge in [0.15, 0.2) is 30.1 Å². The van der Waals surface area contributed by atoms with E-state index in [1.807, 2.05) is 20.1 Å². The Morgan fingerprint density at radius 2 is 1.83 bits per heavy atom. The topological polar surface area (TPSA) is 72.5 Å². The smallest absolute Gasteiger partial charge is 0.378 e. The minimum Gasteiger partial charge on any atom is -0.448 e. The Bertz CT molecular complexity index is 470. The van der Waals surface area contributed by atoms with Crippen LogP contribution < -0.4 is 0 Å². The molecule has 3 fully saturated rings. The van der Waals surface area contributed by atoms with Gasteiger partial charge in [0.05, 0.1) is 6.61 Å². The first-order valence-corrected chi connectivity index (χ1v) is 10.0. The summed E-state index contributed by atoms with van der Waals surface area (Å²) in [4.78, 5) is 11.9. The molecule has 0 aromatic carbocycles. The van der Waals surface area contributed by atoms with Crippen molar-refractivity contribution in [1.29, 1.82) is 0 Å². The number of fused-ring (bicyclic) bond motifs is 1. The van der Waals surface area contributed by atoms with E-state index in [0.29, 0.717) is 6.61 Å². The molecule has 23 heavy (non-hydrogen) atoms. The summed E-state index contributed by atoms with van der Waals surface area (Å²) in [6.45, 7) is 7.65. The average molecular weight is 366 g/mol. The zero-order chi connectivity index (χ0) is 16.8. The summed E-state index contributed by atoms with van der Waals surface area (Å²) in [7, 11) is 2.35. The highest BCUT2D eigenvalue weighted by atomic mass is 33.1. The Balaban J connectivity index is 1.75. The van der Waals surface area contributed by atoms with Crippen LogP contribution in [-0.2, 0) is 28.4 Å². The summed E-state index contributed by atoms with van der Waals surface area (Å²) in [6.07, 6.45) is -0.687. The van der Waals surface area contributed by atoms with Gasteiger partial charge in [-0.2, -0.15) is 0 Å². The molecular formula is C14H22O7S2. The lowest BCUT2D eigenvalue weighted by Crippen LogP contribution is -2.44. The van der Waals surface area contributed by atoms with Gasteiger partial charge in [0.2, 0.25) is 0 Å². The molecule has 0 N–H and O–H groups in total. The molecule has 0 saturated carbocycles. The van der Waals surface area contributed by atoms with Gasteiger partial charge >= 0.3 is 5.30 Å². The van der Waals surface area contributed by atoms with Crippen molar-refractivity contribution in [2.24, 2.45) is 0 Å². The molecule has 0 bridgehead atoms. The van der Waals surface area contributed by atoms with E-state index in [1.165, 1.54) is 10.8 Å². The fourth-order valence-electron chi connectivity index (χ4n) is 3.01. The maximum Gasteiger partial charge on any atom is 0.378 e. The van der Waals surface area contributed by atoms with Gasteiger partial charge < -0.3 is 28.4 Å². The molecule has 0 aliphatic carbocycles. The van der Waals surface area contributed by atoms with E-state index < -0.39 is 36.2 Å². The molecule has 0 aromatic heterocycles. The number of hydrogen-bond donors (Lipinski definition) is 0. The van der Waals surface area contributed by atoms with E-state index in [9.17, 15) is 4.79 Å². The molecule has 3 rings (SSSR count). The molecule has 7 nitrogen and oxygen atoms in total. The molecule has 3 heterocycles. The lowest BCUT2D eigenvalue weighted by Gasteiger charge is -2.28. The second-order valence-electron chi connectivity index (χ2n) is 6.52. The van der Waals surface area contributed by atoms with E-state index in [-0.39, 0.29) is 11.4 Å². The van der Waals surface area contributed by atoms with E-state index in [1.54, 1.807) is 13.8 Å². The number of carbonyl (C=O) groups is 1. The third kappa shape index (κ3) is 3.81. The maximum absolute atomic E-state index is 11.9. The lowest BCUT2D eigenvalue weighted by molar-refractivity contribution is -0.231. The summed E-state index contributed by atoms with van der Waals surface area (Å²) >= 11 is 0. The van der Waals surface area contributed by atoms with E-state index in [4.69, 9.17) is 28.4 Å². The van der Waals surface area contributed by atoms with Crippen molar-refractivity contribution in [2.75, 3.05) is 12.9 Å². The second-order valence-corrected chi connectivity index (χ2v) is 8.85. The van der Waals surface area contributed by atoms with E-state index in [0.717, 1.165) is 10.8 Å². The molecule has 0 amide bonds. The first-order chi connectivity index (χ1) is 10.7. The molecule has 132 valence electrons. The highest BCUT2D eigenvalue weighted by Gasteiger charge is 2.60. The molecule has 0 spiro atoms. The molecule has 5 atom stereocenters. The van der Waals surface area contributed by atoms with Crippen molar-refractivity contribution in [3.05, 3.63) is 0 Å². The van der Waals surface area contributed by atoms with Crippen LogP contribution in [0.5, 0.6) is 0 Å². The summed E-state index contributed by atoms with van der Waals surface area (Å²) in [5, 5.41) is -0.386. The van der Waals surface area contributed by atoms with Crippen LogP contribution in [0.3, 0.4) is 0 Å². The molecule has 3 aliphatic heterocycles. The lowest BCUT2D eigenvalue weighted by atomic mass is 10.1. The first-order valence-electron chi connectivity index (χ1n) is 7.45. The molecule has 0 radical (unpaired) electrons. The van der Waals surface area contributed by atoms with Gasteiger partial charge in [-0.1, -0.05) is 10.8 Å². The molecule has 0 aromatic rings. The van der Waals surface area contributed by atoms with Gasteiger partial charge in [-0.3, -0.25) is 0 Å². The van der Waals surface area contributed by atoms with Gasteiger partial charge in [0, 0.05) is 10.8 Å². The van der Waals surface area contributed by atoms with Crippen LogP contribution >= 0.6 is 21.6 Å². The van der Waals surface area contributed by atoms with Gasteiger partial charge in [0.25, 0.3) is 0 Å². The number of carbonyl (C=O) groups excluding carboxylic acids is 1. The largest absolute Gasteiger partial charge is 0.448 e. The van der Waals surface area contributed by atoms with E-state index in [2.05, 4.69) is 0 Å². The van der Waals surface area contributed by atoms with Gasteiger partial charge in [-0.15, -0.1) is 0 Å². The standard InChI is InChI=1S/C14H22O7S2/c1-13(2)16-6-7(19-13)8-9(18-12(15)23-22-5)10-11(17-8)21-14(3,4)20-10/h7-11H,6H2,1-5H3/t7-,8-,9+,10-,11-/m1/s1. The van der Waals surface area contributed by atoms with Crippen molar-refractivity contribution in [3.63, 3.8) is 0 Å². The van der Waals surface area contributed by atoms with Crippen LogP contribution in [0.15, 0.2) is 0 Å². The fourth-order valence-corrected chi connectivity index (χ4v) is 3.83. The third-order valence-electron chi connectivity index (χ3n) is 3.81. The van der Waals surface area contributed by atoms with Gasteiger partial charge in [0.1, 0.15) is 12.2 Å². The predicted molar refractivity (Wildman–Crippen MR) is 85.0 cm³/mol. The summed E-state index contributed by atoms with van der Waals surface area (Å²) in [5.74, 6) is -1.46. The third-order valence-corrected chi connectivity index (χ3v) is 5.11. The summed E-state index contributed by atoms with van der Waals surface area (Å²) in [5.41, 5.74) is 0. The van der Waals surface area contributed by atoms with Crippen LogP contribution in [-0.4, -0.2) is 60.4 Å². The zero-order valence-electron chi connectivity index (χ0n) is 13.8. The Kier molecular flexibility index (Phi) is 4.92. The summed E-state index contributed by atoms with van der Waals surface area (Å²) < 4.78 is 34.6. The zero-order valence-corrected chi connectivity index (χ0v) is 15.4. The van der Waals surface area contributed by atoms with Crippen molar-refractivity contribution in [1.82, 2.24) is 0 Å². The molecule has 0 unspecified atom stereocenters. The minimum atomic E-state index is -0.774. The highest BCUT2D eigenvalue weighted by Crippen LogP contribution is 2.42. The Morgan fingerprint density at radius 1 is 1.09 bits per heavy atom. The first kappa shape index (κ1) is 17.8. The molecule has 3 saturated heterocycles. The van der Waals surface area contributed by atoms with E-state index >= 15 is 0 Å². The fraction of sp³-hybridized carbons (Fsp3) is 0.929. The monoisotopic (exact) mass is 366 g/mol. The quantitative estimate of drug-likeness (QED) is 0.553. The Hall–Kier alpha value is -0.0300. The number of ether oxygens (including phenoxy) is 6. The van der Waals surface area contributed by atoms with Gasteiger partial charge in [-0.25, -0.2) is 4.79 Å². The van der Waals surface area contributed by atoms with Crippen molar-refractivity contribution in [2.45, 2.75) is 70.0 Å². The Morgan fingerprint density at radius 3 is 2.43 bits per heavy atom. The van der Waals surface area contributed by atoms with Crippen LogP contribution in [0.2, 0.25) is 0 Å². The minimum absolute atomic E-state index is 0.344. The number of hydrogen-bond acceptors (Lipinski definition) is 9. The maximum atomic E-state index is 11.9. The molecular weight excluding hydrogens is 344 g/mol.